The van der Waals surface area contributed by atoms with Gasteiger partial charge < -0.3 is 10.2 Å². The molecule has 0 bridgehead atoms. The maximum absolute atomic E-state index is 9.82. The van der Waals surface area contributed by atoms with E-state index in [4.69, 9.17) is 0 Å². The van der Waals surface area contributed by atoms with Crippen LogP contribution in [0.25, 0.3) is 5.57 Å². The van der Waals surface area contributed by atoms with E-state index in [0.29, 0.717) is 23.3 Å². The van der Waals surface area contributed by atoms with Crippen LogP contribution in [0.4, 0.5) is 0 Å². The van der Waals surface area contributed by atoms with Gasteiger partial charge in [-0.2, -0.15) is 0 Å². The lowest BCUT2D eigenvalue weighted by Gasteiger charge is -2.24. The van der Waals surface area contributed by atoms with Gasteiger partial charge in [-0.25, -0.2) is 0 Å². The second-order valence-corrected chi connectivity index (χ2v) is 7.23. The van der Waals surface area contributed by atoms with Crippen LogP contribution in [0.15, 0.2) is 48.5 Å². The maximum atomic E-state index is 9.82. The fraction of sp³-hybridized carbons (Fsp3) is 0.364. The fourth-order valence-corrected chi connectivity index (χ4v) is 3.63. The topological polar surface area (TPSA) is 40.5 Å². The Bertz CT molecular complexity index is 726. The Morgan fingerprint density at radius 2 is 1.71 bits per heavy atom. The van der Waals surface area contributed by atoms with E-state index in [0.717, 1.165) is 25.7 Å². The third-order valence-electron chi connectivity index (χ3n) is 4.84. The molecule has 0 aromatic heterocycles. The summed E-state index contributed by atoms with van der Waals surface area (Å²) in [5.41, 5.74) is 5.25. The van der Waals surface area contributed by atoms with Crippen LogP contribution in [0.5, 0.6) is 11.5 Å². The van der Waals surface area contributed by atoms with Crippen molar-refractivity contribution in [2.24, 2.45) is 5.92 Å². The zero-order valence-corrected chi connectivity index (χ0v) is 14.5. The predicted molar refractivity (Wildman–Crippen MR) is 99.3 cm³/mol. The molecule has 2 N–H and O–H groups in total. The third-order valence-corrected chi connectivity index (χ3v) is 4.84. The summed E-state index contributed by atoms with van der Waals surface area (Å²) < 4.78 is 0. The van der Waals surface area contributed by atoms with Crippen LogP contribution in [0.1, 0.15) is 55.7 Å². The van der Waals surface area contributed by atoms with Crippen LogP contribution < -0.4 is 0 Å². The van der Waals surface area contributed by atoms with E-state index in [1.165, 1.54) is 22.3 Å². The van der Waals surface area contributed by atoms with Crippen molar-refractivity contribution in [3.63, 3.8) is 0 Å². The molecule has 24 heavy (non-hydrogen) atoms. The predicted octanol–water partition coefficient (Wildman–Crippen LogP) is 5.65. The van der Waals surface area contributed by atoms with Crippen LogP contribution in [0.3, 0.4) is 0 Å². The molecule has 0 saturated heterocycles. The third kappa shape index (κ3) is 3.81. The highest BCUT2D eigenvalue weighted by atomic mass is 16.3. The molecule has 0 fully saturated rings. The molecule has 126 valence electrons. The molecule has 1 aliphatic rings. The largest absolute Gasteiger partial charge is 0.508 e. The zero-order valence-electron chi connectivity index (χ0n) is 14.5. The molecule has 3 rings (SSSR count). The van der Waals surface area contributed by atoms with Gasteiger partial charge in [0.05, 0.1) is 0 Å². The van der Waals surface area contributed by atoms with E-state index in [2.05, 4.69) is 26.0 Å². The second-order valence-electron chi connectivity index (χ2n) is 7.23. The first-order valence-corrected chi connectivity index (χ1v) is 8.83. The van der Waals surface area contributed by atoms with Gasteiger partial charge in [0.15, 0.2) is 0 Å². The van der Waals surface area contributed by atoms with Gasteiger partial charge in [-0.05, 0) is 84.0 Å². The summed E-state index contributed by atoms with van der Waals surface area (Å²) in [4.78, 5) is 0. The number of hydrogen-bond acceptors (Lipinski definition) is 2. The van der Waals surface area contributed by atoms with Crippen molar-refractivity contribution in [3.05, 3.63) is 65.2 Å². The van der Waals surface area contributed by atoms with Crippen molar-refractivity contribution in [1.29, 1.82) is 0 Å². The van der Waals surface area contributed by atoms with Crippen LogP contribution in [-0.4, -0.2) is 10.2 Å². The number of phenols is 2. The van der Waals surface area contributed by atoms with Crippen molar-refractivity contribution >= 4 is 5.57 Å². The smallest absolute Gasteiger partial charge is 0.115 e. The first-order valence-electron chi connectivity index (χ1n) is 8.83. The summed E-state index contributed by atoms with van der Waals surface area (Å²) in [7, 11) is 0. The molecule has 2 aromatic rings. The Labute approximate surface area is 144 Å². The average molecular weight is 322 g/mol. The number of rotatable bonds is 4. The van der Waals surface area contributed by atoms with Gasteiger partial charge in [0.25, 0.3) is 0 Å². The van der Waals surface area contributed by atoms with Gasteiger partial charge >= 0.3 is 0 Å². The van der Waals surface area contributed by atoms with Crippen molar-refractivity contribution < 1.29 is 10.2 Å². The molecule has 1 aliphatic carbocycles. The minimum atomic E-state index is 0.327. The number of hydrogen-bond donors (Lipinski definition) is 2. The van der Waals surface area contributed by atoms with Crippen molar-refractivity contribution in [2.45, 2.75) is 45.4 Å². The van der Waals surface area contributed by atoms with Gasteiger partial charge in [-0.1, -0.05) is 38.1 Å². The second kappa shape index (κ2) is 7.12. The highest BCUT2D eigenvalue weighted by Crippen LogP contribution is 2.38. The van der Waals surface area contributed by atoms with Crippen LogP contribution in [0, 0.1) is 5.92 Å². The molecule has 0 saturated carbocycles. The van der Waals surface area contributed by atoms with Crippen molar-refractivity contribution in [3.8, 4) is 11.5 Å². The van der Waals surface area contributed by atoms with E-state index in [1.54, 1.807) is 18.2 Å². The van der Waals surface area contributed by atoms with E-state index < -0.39 is 0 Å². The number of aromatic hydroxyl groups is 2. The quantitative estimate of drug-likeness (QED) is 0.764. The lowest BCUT2D eigenvalue weighted by Crippen LogP contribution is -2.06. The molecule has 0 spiro atoms. The van der Waals surface area contributed by atoms with Gasteiger partial charge in [0, 0.05) is 0 Å². The van der Waals surface area contributed by atoms with E-state index >= 15 is 0 Å². The first-order chi connectivity index (χ1) is 11.5. The monoisotopic (exact) mass is 322 g/mol. The van der Waals surface area contributed by atoms with Crippen molar-refractivity contribution in [2.75, 3.05) is 0 Å². The Kier molecular flexibility index (Phi) is 4.94. The number of phenolic OH excluding ortho intramolecular Hbond substituents is 2. The van der Waals surface area contributed by atoms with Crippen LogP contribution >= 0.6 is 0 Å². The Hall–Kier alpha value is -2.22. The Morgan fingerprint density at radius 3 is 2.33 bits per heavy atom. The lowest BCUT2D eigenvalue weighted by molar-refractivity contribution is 0.473. The van der Waals surface area contributed by atoms with Gasteiger partial charge in [0.2, 0.25) is 0 Å². The summed E-state index contributed by atoms with van der Waals surface area (Å²) in [6.07, 6.45) is 6.56. The summed E-state index contributed by atoms with van der Waals surface area (Å²) >= 11 is 0. The summed E-state index contributed by atoms with van der Waals surface area (Å²) in [5.74, 6) is 1.78. The molecule has 2 nitrogen and oxygen atoms in total. The summed E-state index contributed by atoms with van der Waals surface area (Å²) in [6.45, 7) is 4.42. The van der Waals surface area contributed by atoms with E-state index in [1.807, 2.05) is 18.2 Å². The highest BCUT2D eigenvalue weighted by Gasteiger charge is 2.19. The van der Waals surface area contributed by atoms with Gasteiger partial charge in [-0.3, -0.25) is 0 Å². The van der Waals surface area contributed by atoms with E-state index in [-0.39, 0.29) is 0 Å². The first kappa shape index (κ1) is 16.6. The number of benzene rings is 2. The molecule has 0 heterocycles. The maximum Gasteiger partial charge on any atom is 0.115 e. The minimum absolute atomic E-state index is 0.327. The molecular weight excluding hydrogens is 296 g/mol. The van der Waals surface area contributed by atoms with Gasteiger partial charge in [-0.15, -0.1) is 0 Å². The standard InChI is InChI=1S/C22H26O2/c1-15(2)13-19-14-21(24)11-12-22(19)18-5-3-16(4-6-18)17-7-9-20(23)10-8-17/h5,7-12,14-16,23-24H,3-4,6,13H2,1-2H3. The summed E-state index contributed by atoms with van der Waals surface area (Å²) in [5, 5.41) is 19.3. The molecular formula is C22H26O2. The SMILES string of the molecule is CC(C)Cc1cc(O)ccc1C1=CCC(c2ccc(O)cc2)CC1. The Morgan fingerprint density at radius 1 is 1.00 bits per heavy atom. The normalized spacial score (nSPS) is 17.8. The number of allylic oxidation sites excluding steroid dienone is 2. The minimum Gasteiger partial charge on any atom is -0.508 e. The van der Waals surface area contributed by atoms with Crippen LogP contribution in [0.2, 0.25) is 0 Å². The molecule has 2 heteroatoms. The molecule has 0 aliphatic heterocycles. The highest BCUT2D eigenvalue weighted by molar-refractivity contribution is 5.70. The molecule has 0 amide bonds. The fourth-order valence-electron chi connectivity index (χ4n) is 3.63. The summed E-state index contributed by atoms with van der Waals surface area (Å²) in [6, 6.07) is 13.4. The molecule has 1 unspecified atom stereocenters. The molecule has 2 aromatic carbocycles. The lowest BCUT2D eigenvalue weighted by atomic mass is 9.81. The van der Waals surface area contributed by atoms with E-state index in [9.17, 15) is 10.2 Å². The zero-order chi connectivity index (χ0) is 17.1. The van der Waals surface area contributed by atoms with Gasteiger partial charge in [0.1, 0.15) is 11.5 Å². The molecule has 0 radical (unpaired) electrons. The Balaban J connectivity index is 1.81. The average Bonchev–Trinajstić information content (AvgIpc) is 2.55. The van der Waals surface area contributed by atoms with Crippen LogP contribution in [-0.2, 0) is 6.42 Å². The van der Waals surface area contributed by atoms with Crippen molar-refractivity contribution in [1.82, 2.24) is 0 Å². The molecule has 1 atom stereocenters.